The zero-order valence-corrected chi connectivity index (χ0v) is 18.5. The Morgan fingerprint density at radius 1 is 1.19 bits per heavy atom. The lowest BCUT2D eigenvalue weighted by Gasteiger charge is -2.28. The van der Waals surface area contributed by atoms with Crippen LogP contribution in [0, 0.1) is 0 Å². The highest BCUT2D eigenvalue weighted by Gasteiger charge is 2.29. The molecule has 0 saturated carbocycles. The number of nitrogens with zero attached hydrogens (tertiary/aromatic N) is 5. The van der Waals surface area contributed by atoms with Gasteiger partial charge < -0.3 is 26.0 Å². The summed E-state index contributed by atoms with van der Waals surface area (Å²) < 4.78 is 5.51. The number of carbonyl (C=O) groups is 1. The van der Waals surface area contributed by atoms with E-state index in [1.54, 1.807) is 18.3 Å². The van der Waals surface area contributed by atoms with Crippen molar-refractivity contribution in [3.05, 3.63) is 47.2 Å². The summed E-state index contributed by atoms with van der Waals surface area (Å²) in [6, 6.07) is 7.29. The molecule has 1 aromatic carbocycles. The molecule has 1 saturated heterocycles. The molecule has 2 aliphatic rings. The number of aromatic nitrogens is 2. The highest BCUT2D eigenvalue weighted by Crippen LogP contribution is 2.37. The van der Waals surface area contributed by atoms with E-state index in [0.717, 1.165) is 54.4 Å². The molecule has 1 aromatic heterocycles. The summed E-state index contributed by atoms with van der Waals surface area (Å²) in [5, 5.41) is 0. The topological polar surface area (TPSA) is 123 Å². The third kappa shape index (κ3) is 4.49. The van der Waals surface area contributed by atoms with Crippen LogP contribution in [0.25, 0.3) is 5.57 Å². The smallest absolute Gasteiger partial charge is 0.248 e. The number of benzene rings is 1. The molecule has 4 rings (SSSR count). The lowest BCUT2D eigenvalue weighted by atomic mass is 10.1. The molecule has 0 aliphatic carbocycles. The molecule has 1 amide bonds. The minimum atomic E-state index is -0.441. The number of primary amides is 1. The standard InChI is InChI=1S/C23H29N7O2/c1-3-16(14-26-15(2)24)20-19-8-9-30(18-6-4-17(5-7-18)21(25)31)22(19)28-23(27-20)29-10-12-32-13-11-29/h3-7,14-15H,8-13,24H2,1-2H3,(H2,25,31)/b16-3+,26-14?. The second kappa shape index (κ2) is 9.46. The van der Waals surface area contributed by atoms with Crippen molar-refractivity contribution in [3.8, 4) is 0 Å². The molecule has 0 spiro atoms. The minimum absolute atomic E-state index is 0.293. The predicted molar refractivity (Wildman–Crippen MR) is 127 cm³/mol. The van der Waals surface area contributed by atoms with Crippen LogP contribution < -0.4 is 21.3 Å². The fraction of sp³-hybridized carbons (Fsp3) is 0.391. The number of fused-ring (bicyclic) bond motifs is 1. The molecule has 0 radical (unpaired) electrons. The lowest BCUT2D eigenvalue weighted by molar-refractivity contribution is 0.100. The maximum Gasteiger partial charge on any atom is 0.248 e. The number of amides is 1. The molecule has 32 heavy (non-hydrogen) atoms. The molecule has 9 nitrogen and oxygen atoms in total. The molecule has 4 N–H and O–H groups in total. The minimum Gasteiger partial charge on any atom is -0.378 e. The summed E-state index contributed by atoms with van der Waals surface area (Å²) in [6.07, 6.45) is 4.30. The first-order valence-electron chi connectivity index (χ1n) is 10.8. The fourth-order valence-corrected chi connectivity index (χ4v) is 3.91. The summed E-state index contributed by atoms with van der Waals surface area (Å²) >= 11 is 0. The van der Waals surface area contributed by atoms with E-state index in [4.69, 9.17) is 26.2 Å². The van der Waals surface area contributed by atoms with Crippen LogP contribution in [0.15, 0.2) is 35.3 Å². The van der Waals surface area contributed by atoms with Crippen molar-refractivity contribution >= 4 is 35.1 Å². The molecule has 0 bridgehead atoms. The van der Waals surface area contributed by atoms with Gasteiger partial charge in [-0.25, -0.2) is 4.98 Å². The molecule has 1 atom stereocenters. The summed E-state index contributed by atoms with van der Waals surface area (Å²) in [5.74, 6) is 1.11. The van der Waals surface area contributed by atoms with E-state index in [2.05, 4.69) is 14.8 Å². The molecule has 3 heterocycles. The van der Waals surface area contributed by atoms with Gasteiger partial charge in [-0.1, -0.05) is 6.08 Å². The van der Waals surface area contributed by atoms with Gasteiger partial charge in [0.15, 0.2) is 0 Å². The summed E-state index contributed by atoms with van der Waals surface area (Å²) in [7, 11) is 0. The van der Waals surface area contributed by atoms with Crippen LogP contribution in [-0.4, -0.2) is 61.1 Å². The number of ether oxygens (including phenoxy) is 1. The van der Waals surface area contributed by atoms with Crippen molar-refractivity contribution in [3.63, 3.8) is 0 Å². The Labute approximate surface area is 187 Å². The summed E-state index contributed by atoms with van der Waals surface area (Å²) in [4.78, 5) is 30.1. The highest BCUT2D eigenvalue weighted by atomic mass is 16.5. The monoisotopic (exact) mass is 435 g/mol. The molecular formula is C23H29N7O2. The average molecular weight is 436 g/mol. The molecule has 1 unspecified atom stereocenters. The first-order valence-corrected chi connectivity index (χ1v) is 10.8. The zero-order valence-electron chi connectivity index (χ0n) is 18.5. The number of nitrogens with two attached hydrogens (primary N) is 2. The number of carbonyl (C=O) groups excluding carboxylic acids is 1. The second-order valence-corrected chi connectivity index (χ2v) is 7.85. The maximum absolute atomic E-state index is 11.5. The van der Waals surface area contributed by atoms with E-state index in [1.165, 1.54) is 0 Å². The van der Waals surface area contributed by atoms with Gasteiger partial charge in [-0.05, 0) is 44.5 Å². The average Bonchev–Trinajstić information content (AvgIpc) is 3.24. The van der Waals surface area contributed by atoms with Gasteiger partial charge >= 0.3 is 0 Å². The van der Waals surface area contributed by atoms with Gasteiger partial charge in [0.2, 0.25) is 11.9 Å². The van der Waals surface area contributed by atoms with Crippen molar-refractivity contribution in [1.82, 2.24) is 9.97 Å². The van der Waals surface area contributed by atoms with E-state index >= 15 is 0 Å². The van der Waals surface area contributed by atoms with E-state index in [-0.39, 0.29) is 6.17 Å². The van der Waals surface area contributed by atoms with Crippen molar-refractivity contribution in [2.24, 2.45) is 16.5 Å². The SMILES string of the molecule is C/C=C(\C=NC(C)N)c1nc(N2CCOCC2)nc2c1CCN2c1ccc(C(N)=O)cc1. The number of rotatable bonds is 6. The zero-order chi connectivity index (χ0) is 22.7. The van der Waals surface area contributed by atoms with Crippen LogP contribution in [0.1, 0.15) is 35.5 Å². The Bertz CT molecular complexity index is 1040. The fourth-order valence-electron chi connectivity index (χ4n) is 3.91. The maximum atomic E-state index is 11.5. The summed E-state index contributed by atoms with van der Waals surface area (Å²) in [5.41, 5.74) is 15.5. The van der Waals surface area contributed by atoms with Crippen LogP contribution in [0.4, 0.5) is 17.5 Å². The predicted octanol–water partition coefficient (Wildman–Crippen LogP) is 1.89. The van der Waals surface area contributed by atoms with Crippen LogP contribution in [0.2, 0.25) is 0 Å². The van der Waals surface area contributed by atoms with Gasteiger partial charge in [-0.3, -0.25) is 9.79 Å². The molecular weight excluding hydrogens is 406 g/mol. The molecule has 2 aliphatic heterocycles. The van der Waals surface area contributed by atoms with Crippen molar-refractivity contribution in [1.29, 1.82) is 0 Å². The Kier molecular flexibility index (Phi) is 6.48. The Morgan fingerprint density at radius 3 is 2.53 bits per heavy atom. The molecule has 9 heteroatoms. The van der Waals surface area contributed by atoms with Gasteiger partial charge in [-0.15, -0.1) is 0 Å². The number of aliphatic imine (C=N–C) groups is 1. The van der Waals surface area contributed by atoms with Gasteiger partial charge in [0.1, 0.15) is 5.82 Å². The van der Waals surface area contributed by atoms with E-state index in [9.17, 15) is 4.79 Å². The Morgan fingerprint density at radius 2 is 1.91 bits per heavy atom. The molecule has 1 fully saturated rings. The largest absolute Gasteiger partial charge is 0.378 e. The van der Waals surface area contributed by atoms with Crippen LogP contribution in [0.3, 0.4) is 0 Å². The quantitative estimate of drug-likeness (QED) is 0.664. The third-order valence-electron chi connectivity index (χ3n) is 5.61. The van der Waals surface area contributed by atoms with Crippen LogP contribution in [-0.2, 0) is 11.2 Å². The normalized spacial score (nSPS) is 17.7. The van der Waals surface area contributed by atoms with Gasteiger partial charge in [-0.2, -0.15) is 4.98 Å². The van der Waals surface area contributed by atoms with Gasteiger partial charge in [0.05, 0.1) is 25.1 Å². The lowest BCUT2D eigenvalue weighted by Crippen LogP contribution is -2.37. The van der Waals surface area contributed by atoms with Crippen molar-refractivity contribution in [2.45, 2.75) is 26.4 Å². The summed E-state index contributed by atoms with van der Waals surface area (Å²) in [6.45, 7) is 7.36. The van der Waals surface area contributed by atoms with Crippen molar-refractivity contribution < 1.29 is 9.53 Å². The number of hydrogen-bond acceptors (Lipinski definition) is 8. The van der Waals surface area contributed by atoms with E-state index in [1.807, 2.05) is 32.1 Å². The number of anilines is 3. The molecule has 168 valence electrons. The first kappa shape index (κ1) is 21.9. The second-order valence-electron chi connectivity index (χ2n) is 7.85. The van der Waals surface area contributed by atoms with Crippen molar-refractivity contribution in [2.75, 3.05) is 42.6 Å². The first-order chi connectivity index (χ1) is 15.5. The van der Waals surface area contributed by atoms with Crippen LogP contribution in [0.5, 0.6) is 0 Å². The van der Waals surface area contributed by atoms with E-state index < -0.39 is 5.91 Å². The molecule has 2 aromatic rings. The number of hydrogen-bond donors (Lipinski definition) is 2. The number of morpholine rings is 1. The third-order valence-corrected chi connectivity index (χ3v) is 5.61. The highest BCUT2D eigenvalue weighted by molar-refractivity contribution is 6.10. The van der Waals surface area contributed by atoms with Gasteiger partial charge in [0.25, 0.3) is 0 Å². The van der Waals surface area contributed by atoms with Crippen LogP contribution >= 0.6 is 0 Å². The van der Waals surface area contributed by atoms with Gasteiger partial charge in [0, 0.05) is 48.2 Å². The Balaban J connectivity index is 1.79. The number of allylic oxidation sites excluding steroid dienone is 2. The Hall–Kier alpha value is -3.30. The van der Waals surface area contributed by atoms with E-state index in [0.29, 0.717) is 24.7 Å².